The van der Waals surface area contributed by atoms with Crippen LogP contribution >= 0.6 is 38.4 Å². The fraction of sp³-hybridized carbons (Fsp3) is 0.600. The molecule has 0 rings (SSSR count). The van der Waals surface area contributed by atoms with E-state index in [1.54, 1.807) is 0 Å². The summed E-state index contributed by atoms with van der Waals surface area (Å²) < 4.78 is 0. The van der Waals surface area contributed by atoms with Gasteiger partial charge >= 0.3 is 41.0 Å². The first kappa shape index (κ1) is 17.9. The third-order valence-electron chi connectivity index (χ3n) is 1.39. The first-order valence-corrected chi connectivity index (χ1v) is 15.5. The number of rotatable bonds is 8. The van der Waals surface area contributed by atoms with Crippen LogP contribution in [0.15, 0.2) is 25.3 Å². The second kappa shape index (κ2) is 20.0. The van der Waals surface area contributed by atoms with Gasteiger partial charge in [0.2, 0.25) is 0 Å². The summed E-state index contributed by atoms with van der Waals surface area (Å²) >= 11 is 8.59. The molecule has 0 nitrogen and oxygen atoms in total. The maximum atomic E-state index is 3.69. The van der Waals surface area contributed by atoms with E-state index in [0.717, 1.165) is 12.8 Å². The zero-order valence-corrected chi connectivity index (χ0v) is 14.6. The van der Waals surface area contributed by atoms with Gasteiger partial charge in [0.15, 0.2) is 0 Å². The van der Waals surface area contributed by atoms with Crippen LogP contribution in [0.2, 0.25) is 0 Å². The molecule has 0 spiro atoms. The molecule has 0 saturated carbocycles. The van der Waals surface area contributed by atoms with Gasteiger partial charge in [-0.15, -0.1) is 13.2 Å². The van der Waals surface area contributed by atoms with Gasteiger partial charge in [-0.05, 0) is 37.2 Å². The Bertz CT molecular complexity index is 109. The predicted molar refractivity (Wildman–Crippen MR) is 74.0 cm³/mol. The molecule has 0 aliphatic heterocycles. The molecule has 0 N–H and O–H groups in total. The zero-order valence-electron chi connectivity index (χ0n) is 8.29. The number of thioether (sulfide) groups is 1. The minimum atomic E-state index is 0.208. The van der Waals surface area contributed by atoms with E-state index in [4.69, 9.17) is 0 Å². The van der Waals surface area contributed by atoms with Gasteiger partial charge in [-0.25, -0.2) is 0 Å². The van der Waals surface area contributed by atoms with Crippen molar-refractivity contribution in [3.8, 4) is 0 Å². The minimum absolute atomic E-state index is 0.208. The Morgan fingerprint density at radius 3 is 1.64 bits per heavy atom. The summed E-state index contributed by atoms with van der Waals surface area (Å²) in [6.45, 7) is 7.37. The predicted octanol–water partition coefficient (Wildman–Crippen LogP) is 5.34. The van der Waals surface area contributed by atoms with Gasteiger partial charge in [0.25, 0.3) is 0 Å². The summed E-state index contributed by atoms with van der Waals surface area (Å²) in [5.74, 6) is 2.56. The second-order valence-electron chi connectivity index (χ2n) is 2.52. The van der Waals surface area contributed by atoms with Crippen molar-refractivity contribution in [1.29, 1.82) is 0 Å². The van der Waals surface area contributed by atoms with Gasteiger partial charge < -0.3 is 0 Å². The van der Waals surface area contributed by atoms with Gasteiger partial charge in [0.1, 0.15) is 0 Å². The standard InChI is InChI=1S/C10H18S.2BrH.Pt/c1-3-5-7-9-11-10-8-6-4-2;;;/h3-4H,1-2,5-10H2;2*1H;/q;;;+2/p-2. The summed E-state index contributed by atoms with van der Waals surface area (Å²) in [6.07, 6.45) is 8.86. The van der Waals surface area contributed by atoms with Crippen LogP contribution in [0.1, 0.15) is 25.7 Å². The van der Waals surface area contributed by atoms with Crippen LogP contribution in [0.25, 0.3) is 0 Å². The van der Waals surface area contributed by atoms with E-state index in [9.17, 15) is 0 Å². The number of unbranched alkanes of at least 4 members (excludes halogenated alkanes) is 2. The average Bonchev–Trinajstić information content (AvgIpc) is 2.18. The molecule has 0 aliphatic rings. The summed E-state index contributed by atoms with van der Waals surface area (Å²) in [6, 6.07) is 0. The fourth-order valence-corrected chi connectivity index (χ4v) is 1.71. The molecular formula is C10H18Br2PtS. The van der Waals surface area contributed by atoms with Crippen LogP contribution < -0.4 is 0 Å². The van der Waals surface area contributed by atoms with Crippen LogP contribution in [-0.4, -0.2) is 11.5 Å². The molecule has 4 heteroatoms. The van der Waals surface area contributed by atoms with Crippen molar-refractivity contribution in [2.45, 2.75) is 25.7 Å². The Morgan fingerprint density at radius 2 is 1.36 bits per heavy atom. The Morgan fingerprint density at radius 1 is 1.00 bits per heavy atom. The van der Waals surface area contributed by atoms with Crippen molar-refractivity contribution in [3.63, 3.8) is 0 Å². The van der Waals surface area contributed by atoms with Crippen molar-refractivity contribution < 1.29 is 14.5 Å². The van der Waals surface area contributed by atoms with Gasteiger partial charge in [0.05, 0.1) is 0 Å². The van der Waals surface area contributed by atoms with E-state index in [-0.39, 0.29) is 14.5 Å². The molecule has 0 aliphatic carbocycles. The van der Waals surface area contributed by atoms with E-state index in [1.807, 2.05) is 23.9 Å². The Hall–Kier alpha value is 1.48. The Kier molecular flexibility index (Phi) is 25.5. The molecule has 0 bridgehead atoms. The van der Waals surface area contributed by atoms with E-state index in [2.05, 4.69) is 39.8 Å². The molecule has 0 unspecified atom stereocenters. The molecule has 0 saturated heterocycles. The molecule has 0 aromatic rings. The molecule has 14 heavy (non-hydrogen) atoms. The van der Waals surface area contributed by atoms with E-state index >= 15 is 0 Å². The Labute approximate surface area is 114 Å². The number of hydrogen-bond acceptors (Lipinski definition) is 1. The molecule has 88 valence electrons. The molecule has 0 heterocycles. The Balaban J connectivity index is 0. The van der Waals surface area contributed by atoms with Gasteiger partial charge in [-0.3, -0.25) is 0 Å². The third-order valence-corrected chi connectivity index (χ3v) is 2.55. The van der Waals surface area contributed by atoms with Crippen LogP contribution in [-0.2, 0) is 14.5 Å². The normalized spacial score (nSPS) is 9.00. The van der Waals surface area contributed by atoms with Crippen molar-refractivity contribution in [3.05, 3.63) is 25.3 Å². The number of halogens is 2. The molecule has 0 aromatic heterocycles. The molecule has 0 radical (unpaired) electrons. The van der Waals surface area contributed by atoms with E-state index in [1.165, 1.54) is 24.3 Å². The van der Waals surface area contributed by atoms with Crippen LogP contribution in [0.4, 0.5) is 0 Å². The van der Waals surface area contributed by atoms with Crippen molar-refractivity contribution in [2.24, 2.45) is 0 Å². The fourth-order valence-electron chi connectivity index (χ4n) is 0.762. The van der Waals surface area contributed by atoms with Gasteiger partial charge in [-0.1, -0.05) is 12.2 Å². The maximum absolute atomic E-state index is 3.69. The summed E-state index contributed by atoms with van der Waals surface area (Å²) in [4.78, 5) is 0. The topological polar surface area (TPSA) is 0 Å². The van der Waals surface area contributed by atoms with Crippen molar-refractivity contribution in [2.75, 3.05) is 11.5 Å². The zero-order chi connectivity index (χ0) is 11.1. The third kappa shape index (κ3) is 23.4. The van der Waals surface area contributed by atoms with Crippen LogP contribution in [0.3, 0.4) is 0 Å². The van der Waals surface area contributed by atoms with Crippen molar-refractivity contribution >= 4 is 38.4 Å². The second-order valence-corrected chi connectivity index (χ2v) is 13.7. The molecule has 0 aromatic carbocycles. The van der Waals surface area contributed by atoms with Crippen molar-refractivity contribution in [1.82, 2.24) is 0 Å². The first-order chi connectivity index (χ1) is 6.83. The summed E-state index contributed by atoms with van der Waals surface area (Å²) in [5.41, 5.74) is 0. The average molecular weight is 525 g/mol. The molecule has 0 atom stereocenters. The number of hydrogen-bond donors (Lipinski definition) is 0. The summed E-state index contributed by atoms with van der Waals surface area (Å²) in [5, 5.41) is 0. The summed E-state index contributed by atoms with van der Waals surface area (Å²) in [7, 11) is 0. The van der Waals surface area contributed by atoms with Crippen LogP contribution in [0.5, 0.6) is 0 Å². The van der Waals surface area contributed by atoms with E-state index < -0.39 is 0 Å². The molecule has 0 fully saturated rings. The van der Waals surface area contributed by atoms with Gasteiger partial charge in [0, 0.05) is 0 Å². The van der Waals surface area contributed by atoms with E-state index in [0.29, 0.717) is 0 Å². The molecular weight excluding hydrogens is 507 g/mol. The number of allylic oxidation sites excluding steroid dienone is 2. The SMILES string of the molecule is C=CCCCSCCCC=C.[Br][Pt][Br]. The quantitative estimate of drug-likeness (QED) is 0.305. The van der Waals surface area contributed by atoms with Crippen LogP contribution in [0, 0.1) is 0 Å². The molecule has 0 amide bonds. The van der Waals surface area contributed by atoms with Gasteiger partial charge in [-0.2, -0.15) is 11.8 Å². The first-order valence-electron chi connectivity index (χ1n) is 4.45. The monoisotopic (exact) mass is 523 g/mol.